The van der Waals surface area contributed by atoms with Crippen LogP contribution in [0.4, 0.5) is 0 Å². The van der Waals surface area contributed by atoms with Gasteiger partial charge in [0.1, 0.15) is 0 Å². The molecule has 1 saturated carbocycles. The van der Waals surface area contributed by atoms with E-state index in [0.717, 1.165) is 18.4 Å². The Hall–Kier alpha value is -1.59. The molecule has 0 bridgehead atoms. The van der Waals surface area contributed by atoms with Gasteiger partial charge in [-0.05, 0) is 44.6 Å². The van der Waals surface area contributed by atoms with Gasteiger partial charge in [-0.3, -0.25) is 4.98 Å². The number of nitrogens with zero attached hydrogens (tertiary/aromatic N) is 1. The quantitative estimate of drug-likeness (QED) is 0.876. The number of rotatable bonds is 4. The summed E-state index contributed by atoms with van der Waals surface area (Å²) in [4.78, 5) is 16.0. The highest BCUT2D eigenvalue weighted by Crippen LogP contribution is 2.56. The molecule has 1 fully saturated rings. The number of aromatic amines is 1. The molecule has 2 aromatic rings. The van der Waals surface area contributed by atoms with Crippen molar-refractivity contribution in [1.29, 1.82) is 0 Å². The molecule has 0 saturated heterocycles. The highest BCUT2D eigenvalue weighted by molar-refractivity contribution is 5.73. The standard InChI is InChI=1S/C14H18N2O3/c1-16(2)12(14(8-17)5-6-14)9-3-4-11-10(7-9)15-13(18)19-11/h3-4,7,12,17H,5-6,8H2,1-2H3,(H,15,18). The van der Waals surface area contributed by atoms with Crippen molar-refractivity contribution in [3.63, 3.8) is 0 Å². The Bertz CT molecular complexity index is 652. The van der Waals surface area contributed by atoms with Crippen molar-refractivity contribution in [2.45, 2.75) is 18.9 Å². The van der Waals surface area contributed by atoms with Gasteiger partial charge in [0.15, 0.2) is 5.58 Å². The third-order valence-corrected chi connectivity index (χ3v) is 4.06. The maximum Gasteiger partial charge on any atom is 0.417 e. The van der Waals surface area contributed by atoms with Gasteiger partial charge in [-0.15, -0.1) is 0 Å². The summed E-state index contributed by atoms with van der Waals surface area (Å²) in [6, 6.07) is 5.88. The van der Waals surface area contributed by atoms with E-state index in [9.17, 15) is 9.90 Å². The van der Waals surface area contributed by atoms with Crippen LogP contribution in [0.15, 0.2) is 27.4 Å². The van der Waals surface area contributed by atoms with E-state index in [-0.39, 0.29) is 18.1 Å². The van der Waals surface area contributed by atoms with E-state index in [1.807, 2.05) is 32.3 Å². The van der Waals surface area contributed by atoms with Crippen molar-refractivity contribution < 1.29 is 9.52 Å². The lowest BCUT2D eigenvalue weighted by Crippen LogP contribution is -2.30. The zero-order valence-electron chi connectivity index (χ0n) is 11.1. The van der Waals surface area contributed by atoms with Crippen molar-refractivity contribution in [1.82, 2.24) is 9.88 Å². The van der Waals surface area contributed by atoms with Crippen LogP contribution in [0.25, 0.3) is 11.1 Å². The summed E-state index contributed by atoms with van der Waals surface area (Å²) in [6.45, 7) is 0.190. The van der Waals surface area contributed by atoms with Crippen LogP contribution in [0.1, 0.15) is 24.4 Å². The molecule has 102 valence electrons. The summed E-state index contributed by atoms with van der Waals surface area (Å²) >= 11 is 0. The summed E-state index contributed by atoms with van der Waals surface area (Å²) < 4.78 is 5.02. The Kier molecular flexibility index (Phi) is 2.76. The van der Waals surface area contributed by atoms with Gasteiger partial charge in [0, 0.05) is 11.5 Å². The Morgan fingerprint density at radius 3 is 2.79 bits per heavy atom. The third-order valence-electron chi connectivity index (χ3n) is 4.06. The normalized spacial score (nSPS) is 18.9. The molecule has 1 heterocycles. The lowest BCUT2D eigenvalue weighted by Gasteiger charge is -2.32. The Labute approximate surface area is 110 Å². The molecule has 3 rings (SSSR count). The maximum atomic E-state index is 11.2. The van der Waals surface area contributed by atoms with Gasteiger partial charge in [0.25, 0.3) is 0 Å². The van der Waals surface area contributed by atoms with Gasteiger partial charge in [-0.1, -0.05) is 6.07 Å². The number of nitrogens with one attached hydrogen (secondary N) is 1. The zero-order valence-corrected chi connectivity index (χ0v) is 11.1. The topological polar surface area (TPSA) is 69.5 Å². The van der Waals surface area contributed by atoms with E-state index in [0.29, 0.717) is 11.1 Å². The average Bonchev–Trinajstić information content (AvgIpc) is 3.04. The minimum Gasteiger partial charge on any atom is -0.408 e. The van der Waals surface area contributed by atoms with Crippen LogP contribution in [-0.4, -0.2) is 35.7 Å². The minimum absolute atomic E-state index is 0.0405. The van der Waals surface area contributed by atoms with E-state index in [2.05, 4.69) is 9.88 Å². The molecule has 5 nitrogen and oxygen atoms in total. The summed E-state index contributed by atoms with van der Waals surface area (Å²) in [6.07, 6.45) is 2.07. The van der Waals surface area contributed by atoms with Gasteiger partial charge in [0.05, 0.1) is 12.1 Å². The molecule has 1 atom stereocenters. The molecule has 1 aromatic heterocycles. The molecule has 1 aromatic carbocycles. The van der Waals surface area contributed by atoms with Gasteiger partial charge in [-0.2, -0.15) is 0 Å². The van der Waals surface area contributed by atoms with Crippen molar-refractivity contribution in [3.8, 4) is 0 Å². The van der Waals surface area contributed by atoms with Gasteiger partial charge >= 0.3 is 5.76 Å². The van der Waals surface area contributed by atoms with Crippen molar-refractivity contribution >= 4 is 11.1 Å². The molecule has 1 unspecified atom stereocenters. The molecule has 2 N–H and O–H groups in total. The largest absolute Gasteiger partial charge is 0.417 e. The fourth-order valence-electron chi connectivity index (χ4n) is 3.02. The second-order valence-electron chi connectivity index (χ2n) is 5.66. The van der Waals surface area contributed by atoms with Crippen LogP contribution in [0, 0.1) is 5.41 Å². The van der Waals surface area contributed by atoms with Crippen molar-refractivity contribution in [3.05, 3.63) is 34.3 Å². The lowest BCUT2D eigenvalue weighted by molar-refractivity contribution is 0.116. The maximum absolute atomic E-state index is 11.2. The van der Waals surface area contributed by atoms with Crippen LogP contribution in [-0.2, 0) is 0 Å². The summed E-state index contributed by atoms with van der Waals surface area (Å²) in [5.74, 6) is -0.433. The van der Waals surface area contributed by atoms with E-state index in [1.54, 1.807) is 0 Å². The molecule has 0 amide bonds. The molecule has 1 aliphatic carbocycles. The Morgan fingerprint density at radius 2 is 2.21 bits per heavy atom. The molecule has 5 heteroatoms. The van der Waals surface area contributed by atoms with Crippen LogP contribution >= 0.6 is 0 Å². The summed E-state index contributed by atoms with van der Waals surface area (Å²) in [7, 11) is 4.03. The lowest BCUT2D eigenvalue weighted by atomic mass is 9.89. The Balaban J connectivity index is 2.07. The van der Waals surface area contributed by atoms with Crippen LogP contribution < -0.4 is 5.76 Å². The second kappa shape index (κ2) is 4.21. The fourth-order valence-corrected chi connectivity index (χ4v) is 3.02. The average molecular weight is 262 g/mol. The molecule has 0 aliphatic heterocycles. The number of aliphatic hydroxyl groups excluding tert-OH is 1. The molecule has 19 heavy (non-hydrogen) atoms. The fraction of sp³-hybridized carbons (Fsp3) is 0.500. The molecule has 1 aliphatic rings. The van der Waals surface area contributed by atoms with Gasteiger partial charge in [-0.25, -0.2) is 4.79 Å². The minimum atomic E-state index is -0.433. The SMILES string of the molecule is CN(C)C(c1ccc2oc(=O)[nH]c2c1)C1(CO)CC1. The van der Waals surface area contributed by atoms with Crippen LogP contribution in [0.3, 0.4) is 0 Å². The van der Waals surface area contributed by atoms with Crippen molar-refractivity contribution in [2.75, 3.05) is 20.7 Å². The van der Waals surface area contributed by atoms with E-state index in [1.165, 1.54) is 0 Å². The number of benzene rings is 1. The first-order valence-corrected chi connectivity index (χ1v) is 6.46. The number of H-pyrrole nitrogens is 1. The first kappa shape index (κ1) is 12.4. The first-order chi connectivity index (χ1) is 9.05. The van der Waals surface area contributed by atoms with Gasteiger partial charge < -0.3 is 14.4 Å². The zero-order chi connectivity index (χ0) is 13.6. The smallest absolute Gasteiger partial charge is 0.408 e. The predicted octanol–water partition coefficient (Wildman–Crippen LogP) is 1.50. The molecular weight excluding hydrogens is 244 g/mol. The number of aromatic nitrogens is 1. The number of hydrogen-bond donors (Lipinski definition) is 2. The molecular formula is C14H18N2O3. The molecule has 0 spiro atoms. The highest BCUT2D eigenvalue weighted by atomic mass is 16.4. The first-order valence-electron chi connectivity index (χ1n) is 6.46. The highest BCUT2D eigenvalue weighted by Gasteiger charge is 2.50. The number of oxazole rings is 1. The summed E-state index contributed by atoms with van der Waals surface area (Å²) in [5, 5.41) is 9.65. The second-order valence-corrected chi connectivity index (χ2v) is 5.66. The molecule has 0 radical (unpaired) electrons. The number of aliphatic hydroxyl groups is 1. The monoisotopic (exact) mass is 262 g/mol. The van der Waals surface area contributed by atoms with Crippen LogP contribution in [0.2, 0.25) is 0 Å². The van der Waals surface area contributed by atoms with Crippen LogP contribution in [0.5, 0.6) is 0 Å². The van der Waals surface area contributed by atoms with E-state index >= 15 is 0 Å². The third kappa shape index (κ3) is 1.99. The van der Waals surface area contributed by atoms with E-state index < -0.39 is 5.76 Å². The number of fused-ring (bicyclic) bond motifs is 1. The summed E-state index contributed by atoms with van der Waals surface area (Å²) in [5.41, 5.74) is 2.34. The Morgan fingerprint density at radius 1 is 1.47 bits per heavy atom. The predicted molar refractivity (Wildman–Crippen MR) is 72.0 cm³/mol. The van der Waals surface area contributed by atoms with Gasteiger partial charge in [0.2, 0.25) is 0 Å². The number of hydrogen-bond acceptors (Lipinski definition) is 4. The van der Waals surface area contributed by atoms with Crippen molar-refractivity contribution in [2.24, 2.45) is 5.41 Å². The van der Waals surface area contributed by atoms with E-state index in [4.69, 9.17) is 4.42 Å².